The van der Waals surface area contributed by atoms with Gasteiger partial charge in [0.05, 0.1) is 10.6 Å². The first-order chi connectivity index (χ1) is 10.4. The fourth-order valence-corrected chi connectivity index (χ4v) is 2.66. The minimum absolute atomic E-state index is 0.0224. The third-order valence-corrected chi connectivity index (χ3v) is 3.99. The number of likely N-dealkylation sites (N-methyl/N-ethyl adjacent to an activating group) is 1. The monoisotopic (exact) mass is 325 g/mol. The maximum absolute atomic E-state index is 12.8. The zero-order valence-electron chi connectivity index (χ0n) is 14.1. The number of benzene rings is 1. The number of hydrogen-bond donors (Lipinski definition) is 1. The SMILES string of the molecule is CCN(CC)CCN(CC(C)C)C(=O)c1ccc(N)cc1Cl. The van der Waals surface area contributed by atoms with Gasteiger partial charge in [0.2, 0.25) is 0 Å². The summed E-state index contributed by atoms with van der Waals surface area (Å²) < 4.78 is 0. The predicted molar refractivity (Wildman–Crippen MR) is 94.4 cm³/mol. The van der Waals surface area contributed by atoms with E-state index in [1.165, 1.54) is 0 Å². The molecule has 0 spiro atoms. The fraction of sp³-hybridized carbons (Fsp3) is 0.588. The van der Waals surface area contributed by atoms with E-state index in [4.69, 9.17) is 17.3 Å². The summed E-state index contributed by atoms with van der Waals surface area (Å²) in [6, 6.07) is 5.06. The second-order valence-corrected chi connectivity index (χ2v) is 6.32. The van der Waals surface area contributed by atoms with E-state index in [9.17, 15) is 4.79 Å². The minimum Gasteiger partial charge on any atom is -0.399 e. The lowest BCUT2D eigenvalue weighted by Crippen LogP contribution is -2.40. The normalized spacial score (nSPS) is 11.2. The fourth-order valence-electron chi connectivity index (χ4n) is 2.39. The van der Waals surface area contributed by atoms with Crippen LogP contribution in [0.15, 0.2) is 18.2 Å². The van der Waals surface area contributed by atoms with Gasteiger partial charge in [-0.1, -0.05) is 39.3 Å². The molecule has 1 rings (SSSR count). The Balaban J connectivity index is 2.88. The van der Waals surface area contributed by atoms with Gasteiger partial charge in [-0.15, -0.1) is 0 Å². The topological polar surface area (TPSA) is 49.6 Å². The average Bonchev–Trinajstić information content (AvgIpc) is 2.46. The van der Waals surface area contributed by atoms with Crippen LogP contribution in [0.1, 0.15) is 38.1 Å². The van der Waals surface area contributed by atoms with Gasteiger partial charge in [-0.3, -0.25) is 4.79 Å². The molecule has 0 bridgehead atoms. The lowest BCUT2D eigenvalue weighted by Gasteiger charge is -2.28. The Labute approximate surface area is 139 Å². The Morgan fingerprint density at radius 2 is 1.86 bits per heavy atom. The average molecular weight is 326 g/mol. The van der Waals surface area contributed by atoms with Crippen molar-refractivity contribution in [3.05, 3.63) is 28.8 Å². The van der Waals surface area contributed by atoms with E-state index in [2.05, 4.69) is 32.6 Å². The Kier molecular flexibility index (Phi) is 7.69. The number of halogens is 1. The van der Waals surface area contributed by atoms with Crippen molar-refractivity contribution in [2.24, 2.45) is 5.92 Å². The zero-order valence-corrected chi connectivity index (χ0v) is 14.9. The van der Waals surface area contributed by atoms with Crippen LogP contribution < -0.4 is 5.73 Å². The van der Waals surface area contributed by atoms with Crippen molar-refractivity contribution < 1.29 is 4.79 Å². The molecule has 1 aromatic carbocycles. The molecule has 0 aliphatic carbocycles. The highest BCUT2D eigenvalue weighted by Crippen LogP contribution is 2.21. The van der Waals surface area contributed by atoms with Gasteiger partial charge < -0.3 is 15.5 Å². The molecule has 0 saturated carbocycles. The van der Waals surface area contributed by atoms with Crippen molar-refractivity contribution >= 4 is 23.2 Å². The molecule has 0 saturated heterocycles. The molecular formula is C17H28ClN3O. The number of nitrogens with two attached hydrogens (primary N) is 1. The number of anilines is 1. The third-order valence-electron chi connectivity index (χ3n) is 3.68. The second kappa shape index (κ2) is 9.01. The summed E-state index contributed by atoms with van der Waals surface area (Å²) in [5.74, 6) is 0.388. The van der Waals surface area contributed by atoms with Gasteiger partial charge in [-0.05, 0) is 37.2 Å². The quantitative estimate of drug-likeness (QED) is 0.746. The summed E-state index contributed by atoms with van der Waals surface area (Å²) in [6.45, 7) is 12.8. The summed E-state index contributed by atoms with van der Waals surface area (Å²) in [5.41, 5.74) is 6.80. The molecule has 0 fully saturated rings. The Morgan fingerprint density at radius 3 is 2.36 bits per heavy atom. The van der Waals surface area contributed by atoms with Crippen molar-refractivity contribution in [1.29, 1.82) is 0 Å². The molecule has 1 aromatic rings. The first-order valence-electron chi connectivity index (χ1n) is 7.95. The van der Waals surface area contributed by atoms with Crippen molar-refractivity contribution in [2.45, 2.75) is 27.7 Å². The maximum Gasteiger partial charge on any atom is 0.255 e. The molecule has 22 heavy (non-hydrogen) atoms. The first kappa shape index (κ1) is 18.8. The van der Waals surface area contributed by atoms with Crippen LogP contribution in [0, 0.1) is 5.92 Å². The van der Waals surface area contributed by atoms with Crippen molar-refractivity contribution in [3.8, 4) is 0 Å². The van der Waals surface area contributed by atoms with Crippen molar-refractivity contribution in [3.63, 3.8) is 0 Å². The van der Waals surface area contributed by atoms with Crippen LogP contribution in [0.3, 0.4) is 0 Å². The van der Waals surface area contributed by atoms with Gasteiger partial charge in [0.15, 0.2) is 0 Å². The highest BCUT2D eigenvalue weighted by Gasteiger charge is 2.20. The summed E-state index contributed by atoms with van der Waals surface area (Å²) in [7, 11) is 0. The number of carbonyl (C=O) groups excluding carboxylic acids is 1. The molecular weight excluding hydrogens is 298 g/mol. The lowest BCUT2D eigenvalue weighted by atomic mass is 10.1. The molecule has 0 unspecified atom stereocenters. The largest absolute Gasteiger partial charge is 0.399 e. The number of hydrogen-bond acceptors (Lipinski definition) is 3. The van der Waals surface area contributed by atoms with Crippen molar-refractivity contribution in [1.82, 2.24) is 9.80 Å². The van der Waals surface area contributed by atoms with Gasteiger partial charge >= 0.3 is 0 Å². The molecule has 0 aliphatic heterocycles. The highest BCUT2D eigenvalue weighted by atomic mass is 35.5. The number of amides is 1. The second-order valence-electron chi connectivity index (χ2n) is 5.91. The van der Waals surface area contributed by atoms with Gasteiger partial charge in [-0.2, -0.15) is 0 Å². The van der Waals surface area contributed by atoms with Crippen LogP contribution in [-0.2, 0) is 0 Å². The summed E-state index contributed by atoms with van der Waals surface area (Å²) >= 11 is 6.18. The minimum atomic E-state index is -0.0224. The predicted octanol–water partition coefficient (Wildman–Crippen LogP) is 3.36. The molecule has 1 amide bonds. The molecule has 0 aliphatic rings. The van der Waals surface area contributed by atoms with E-state index in [0.717, 1.165) is 26.2 Å². The van der Waals surface area contributed by atoms with Gasteiger partial charge in [-0.25, -0.2) is 0 Å². The summed E-state index contributed by atoms with van der Waals surface area (Å²) in [4.78, 5) is 17.0. The number of nitrogen functional groups attached to an aromatic ring is 1. The smallest absolute Gasteiger partial charge is 0.255 e. The van der Waals surface area contributed by atoms with E-state index in [1.807, 2.05) is 4.90 Å². The van der Waals surface area contributed by atoms with Crippen LogP contribution in [0.25, 0.3) is 0 Å². The molecule has 0 aromatic heterocycles. The summed E-state index contributed by atoms with van der Waals surface area (Å²) in [5, 5.41) is 0.418. The zero-order chi connectivity index (χ0) is 16.7. The van der Waals surface area contributed by atoms with Crippen LogP contribution in [-0.4, -0.2) is 48.4 Å². The summed E-state index contributed by atoms with van der Waals surface area (Å²) in [6.07, 6.45) is 0. The molecule has 0 radical (unpaired) electrons. The Hall–Kier alpha value is -1.26. The van der Waals surface area contributed by atoms with E-state index in [1.54, 1.807) is 18.2 Å². The van der Waals surface area contributed by atoms with Crippen LogP contribution in [0.4, 0.5) is 5.69 Å². The molecule has 124 valence electrons. The van der Waals surface area contributed by atoms with Crippen LogP contribution in [0.2, 0.25) is 5.02 Å². The number of rotatable bonds is 8. The maximum atomic E-state index is 12.8. The Bertz CT molecular complexity index is 487. The van der Waals surface area contributed by atoms with Gasteiger partial charge in [0.1, 0.15) is 0 Å². The molecule has 5 heteroatoms. The highest BCUT2D eigenvalue weighted by molar-refractivity contribution is 6.34. The molecule has 4 nitrogen and oxygen atoms in total. The first-order valence-corrected chi connectivity index (χ1v) is 8.33. The molecule has 0 atom stereocenters. The third kappa shape index (κ3) is 5.50. The van der Waals surface area contributed by atoms with Gasteiger partial charge in [0.25, 0.3) is 5.91 Å². The van der Waals surface area contributed by atoms with E-state index >= 15 is 0 Å². The molecule has 2 N–H and O–H groups in total. The van der Waals surface area contributed by atoms with E-state index in [0.29, 0.717) is 28.7 Å². The number of nitrogens with zero attached hydrogens (tertiary/aromatic N) is 2. The molecule has 0 heterocycles. The number of carbonyl (C=O) groups is 1. The van der Waals surface area contributed by atoms with Crippen LogP contribution >= 0.6 is 11.6 Å². The standard InChI is InChI=1S/C17H28ClN3O/c1-5-20(6-2)9-10-21(12-13(3)4)17(22)15-8-7-14(19)11-16(15)18/h7-8,11,13H,5-6,9-10,12,19H2,1-4H3. The Morgan fingerprint density at radius 1 is 1.23 bits per heavy atom. The van der Waals surface area contributed by atoms with E-state index in [-0.39, 0.29) is 5.91 Å². The lowest BCUT2D eigenvalue weighted by molar-refractivity contribution is 0.0716. The van der Waals surface area contributed by atoms with Crippen molar-refractivity contribution in [2.75, 3.05) is 38.5 Å². The van der Waals surface area contributed by atoms with E-state index < -0.39 is 0 Å². The van der Waals surface area contributed by atoms with Crippen LogP contribution in [0.5, 0.6) is 0 Å². The van der Waals surface area contributed by atoms with Gasteiger partial charge in [0, 0.05) is 25.3 Å².